The predicted molar refractivity (Wildman–Crippen MR) is 118 cm³/mol. The van der Waals surface area contributed by atoms with Crippen molar-refractivity contribution in [2.24, 2.45) is 11.8 Å². The molecule has 0 spiro atoms. The van der Waals surface area contributed by atoms with E-state index in [9.17, 15) is 14.4 Å². The SMILES string of the molecule is Cl.O=C1[C@@H]2CCCC[C@@H]2C[N+]1([O-])CCCN1CCC(c2noc3cc(F)ccc23)CC1. The highest BCUT2D eigenvalue weighted by molar-refractivity contribution is 5.85. The van der Waals surface area contributed by atoms with Crippen LogP contribution in [0.1, 0.15) is 56.6 Å². The van der Waals surface area contributed by atoms with E-state index in [1.807, 2.05) is 0 Å². The fourth-order valence-electron chi connectivity index (χ4n) is 5.93. The van der Waals surface area contributed by atoms with Crippen molar-refractivity contribution < 1.29 is 18.4 Å². The molecule has 0 N–H and O–H groups in total. The van der Waals surface area contributed by atoms with Crippen molar-refractivity contribution in [1.29, 1.82) is 0 Å². The topological polar surface area (TPSA) is 69.4 Å². The summed E-state index contributed by atoms with van der Waals surface area (Å²) in [5.74, 6) is 0.305. The number of hydrogen-bond acceptors (Lipinski definition) is 5. The highest BCUT2D eigenvalue weighted by Crippen LogP contribution is 2.40. The molecular weight excluding hydrogens is 421 g/mol. The number of rotatable bonds is 5. The van der Waals surface area contributed by atoms with Crippen LogP contribution in [0.4, 0.5) is 4.39 Å². The quantitative estimate of drug-likeness (QED) is 0.490. The Labute approximate surface area is 188 Å². The lowest BCUT2D eigenvalue weighted by molar-refractivity contribution is -0.798. The number of piperidine rings is 1. The first-order valence-electron chi connectivity index (χ1n) is 11.4. The van der Waals surface area contributed by atoms with Gasteiger partial charge in [0.25, 0.3) is 0 Å². The standard InChI is InChI=1S/C23H30FN3O3.ClH/c24-18-6-7-20-21(14-18)30-25-22(20)16-8-11-26(12-9-16)10-3-13-27(29)15-17-4-1-2-5-19(17)23(27)28;/h6-7,14,16-17,19H,1-5,8-13,15H2;1H/t17-,19-,27?;/m1./s1. The number of likely N-dealkylation sites (tertiary alicyclic amines) is 2. The van der Waals surface area contributed by atoms with E-state index in [1.165, 1.54) is 18.6 Å². The highest BCUT2D eigenvalue weighted by Gasteiger charge is 2.49. The number of quaternary nitrogens is 1. The third-order valence-electron chi connectivity index (χ3n) is 7.59. The zero-order valence-corrected chi connectivity index (χ0v) is 18.6. The Kier molecular flexibility index (Phi) is 6.68. The summed E-state index contributed by atoms with van der Waals surface area (Å²) in [5, 5.41) is 18.2. The minimum absolute atomic E-state index is 0. The number of halogens is 2. The molecule has 1 aromatic carbocycles. The Morgan fingerprint density at radius 1 is 1.19 bits per heavy atom. The lowest BCUT2D eigenvalue weighted by atomic mass is 9.81. The van der Waals surface area contributed by atoms with Gasteiger partial charge in [-0.3, -0.25) is 4.65 Å². The molecule has 3 aliphatic rings. The van der Waals surface area contributed by atoms with Crippen molar-refractivity contribution >= 4 is 29.3 Å². The smallest absolute Gasteiger partial charge is 0.317 e. The number of fused-ring (bicyclic) bond motifs is 2. The van der Waals surface area contributed by atoms with Crippen molar-refractivity contribution in [2.45, 2.75) is 50.9 Å². The van der Waals surface area contributed by atoms with Gasteiger partial charge in [-0.1, -0.05) is 18.0 Å². The normalized spacial score (nSPS) is 29.8. The summed E-state index contributed by atoms with van der Waals surface area (Å²) in [5.41, 5.74) is 1.44. The molecule has 1 saturated carbocycles. The maximum Gasteiger partial charge on any atom is 0.317 e. The summed E-state index contributed by atoms with van der Waals surface area (Å²) >= 11 is 0. The highest BCUT2D eigenvalue weighted by atomic mass is 35.5. The van der Waals surface area contributed by atoms with Gasteiger partial charge in [-0.05, 0) is 50.9 Å². The van der Waals surface area contributed by atoms with Crippen molar-refractivity contribution in [3.8, 4) is 0 Å². The molecule has 1 unspecified atom stereocenters. The second-order valence-electron chi connectivity index (χ2n) is 9.46. The molecule has 31 heavy (non-hydrogen) atoms. The monoisotopic (exact) mass is 451 g/mol. The van der Waals surface area contributed by atoms with E-state index in [0.29, 0.717) is 30.5 Å². The van der Waals surface area contributed by atoms with Crippen molar-refractivity contribution in [1.82, 2.24) is 10.1 Å². The van der Waals surface area contributed by atoms with Gasteiger partial charge in [0.2, 0.25) is 0 Å². The molecule has 1 amide bonds. The third-order valence-corrected chi connectivity index (χ3v) is 7.59. The summed E-state index contributed by atoms with van der Waals surface area (Å²) in [7, 11) is 0. The van der Waals surface area contributed by atoms with Gasteiger partial charge in [-0.2, -0.15) is 0 Å². The fourth-order valence-corrected chi connectivity index (χ4v) is 5.93. The molecule has 5 rings (SSSR count). The number of nitrogens with zero attached hydrogens (tertiary/aromatic N) is 3. The second-order valence-corrected chi connectivity index (χ2v) is 9.46. The van der Waals surface area contributed by atoms with Crippen LogP contribution in [0.2, 0.25) is 0 Å². The molecule has 8 heteroatoms. The zero-order valence-electron chi connectivity index (χ0n) is 17.8. The van der Waals surface area contributed by atoms with Crippen LogP contribution >= 0.6 is 12.4 Å². The van der Waals surface area contributed by atoms with Crippen LogP contribution in [0.3, 0.4) is 0 Å². The van der Waals surface area contributed by atoms with E-state index < -0.39 is 4.65 Å². The number of hydrogen-bond donors (Lipinski definition) is 0. The Morgan fingerprint density at radius 3 is 2.74 bits per heavy atom. The summed E-state index contributed by atoms with van der Waals surface area (Å²) < 4.78 is 18.1. The molecule has 3 heterocycles. The van der Waals surface area contributed by atoms with Crippen LogP contribution in [0.5, 0.6) is 0 Å². The Balaban J connectivity index is 0.00000231. The van der Waals surface area contributed by atoms with Crippen LogP contribution in [0, 0.1) is 22.9 Å². The maximum absolute atomic E-state index is 13.4. The minimum atomic E-state index is -0.590. The first-order valence-corrected chi connectivity index (χ1v) is 11.4. The minimum Gasteiger partial charge on any atom is -0.625 e. The predicted octanol–water partition coefficient (Wildman–Crippen LogP) is 4.62. The number of amides is 1. The first kappa shape index (κ1) is 22.6. The molecule has 2 aromatic rings. The van der Waals surface area contributed by atoms with Crippen molar-refractivity contribution in [3.05, 3.63) is 34.9 Å². The van der Waals surface area contributed by atoms with E-state index in [0.717, 1.165) is 69.2 Å². The van der Waals surface area contributed by atoms with Crippen molar-refractivity contribution in [3.63, 3.8) is 0 Å². The number of carbonyl (C=O) groups is 1. The van der Waals surface area contributed by atoms with Crippen LogP contribution in [-0.2, 0) is 4.79 Å². The molecule has 0 bridgehead atoms. The van der Waals surface area contributed by atoms with Crippen molar-refractivity contribution in [2.75, 3.05) is 32.7 Å². The lowest BCUT2D eigenvalue weighted by Gasteiger charge is -2.37. The van der Waals surface area contributed by atoms with E-state index in [-0.39, 0.29) is 30.0 Å². The molecule has 1 aliphatic carbocycles. The molecule has 170 valence electrons. The van der Waals surface area contributed by atoms with E-state index in [4.69, 9.17) is 4.52 Å². The van der Waals surface area contributed by atoms with Gasteiger partial charge in [0.05, 0.1) is 24.7 Å². The second kappa shape index (κ2) is 9.14. The van der Waals surface area contributed by atoms with Crippen LogP contribution in [0.15, 0.2) is 22.7 Å². The number of benzene rings is 1. The maximum atomic E-state index is 13.4. The molecule has 6 nitrogen and oxygen atoms in total. The Hall–Kier alpha value is -1.54. The molecule has 0 radical (unpaired) electrons. The molecule has 3 atom stereocenters. The van der Waals surface area contributed by atoms with Crippen LogP contribution in [-0.4, -0.2) is 53.3 Å². The van der Waals surface area contributed by atoms with Gasteiger partial charge < -0.3 is 14.6 Å². The Morgan fingerprint density at radius 2 is 1.97 bits per heavy atom. The molecule has 2 aliphatic heterocycles. The van der Waals surface area contributed by atoms with Gasteiger partial charge in [0.15, 0.2) is 5.58 Å². The average molecular weight is 452 g/mol. The first-order chi connectivity index (χ1) is 14.5. The average Bonchev–Trinajstić information content (AvgIpc) is 3.27. The van der Waals surface area contributed by atoms with E-state index in [1.54, 1.807) is 6.07 Å². The molecular formula is C23H31ClFN3O3. The summed E-state index contributed by atoms with van der Waals surface area (Å²) in [6, 6.07) is 4.60. The molecule has 1 aromatic heterocycles. The van der Waals surface area contributed by atoms with Crippen LogP contribution < -0.4 is 0 Å². The number of carbonyl (C=O) groups excluding carboxylic acids is 1. The van der Waals surface area contributed by atoms with E-state index in [2.05, 4.69) is 10.1 Å². The number of aromatic nitrogens is 1. The zero-order chi connectivity index (χ0) is 20.7. The number of hydroxylamine groups is 3. The van der Waals surface area contributed by atoms with Crippen LogP contribution in [0.25, 0.3) is 11.0 Å². The summed E-state index contributed by atoms with van der Waals surface area (Å²) in [6.45, 7) is 3.68. The largest absolute Gasteiger partial charge is 0.625 e. The van der Waals surface area contributed by atoms with Gasteiger partial charge in [-0.25, -0.2) is 9.18 Å². The molecule has 3 fully saturated rings. The van der Waals surface area contributed by atoms with Gasteiger partial charge >= 0.3 is 5.91 Å². The van der Waals surface area contributed by atoms with Gasteiger partial charge in [-0.15, -0.1) is 12.4 Å². The summed E-state index contributed by atoms with van der Waals surface area (Å²) in [6.07, 6.45) is 6.94. The van der Waals surface area contributed by atoms with Gasteiger partial charge in [0, 0.05) is 36.3 Å². The molecule has 2 saturated heterocycles. The summed E-state index contributed by atoms with van der Waals surface area (Å²) in [4.78, 5) is 15.0. The van der Waals surface area contributed by atoms with Gasteiger partial charge in [0.1, 0.15) is 5.82 Å². The van der Waals surface area contributed by atoms with E-state index >= 15 is 0 Å². The Bertz CT molecular complexity index is 930. The third kappa shape index (κ3) is 4.38. The lowest BCUT2D eigenvalue weighted by Crippen LogP contribution is -2.46. The fraction of sp³-hybridized carbons (Fsp3) is 0.652.